The first kappa shape index (κ1) is 14.7. The lowest BCUT2D eigenvalue weighted by molar-refractivity contribution is -0.135. The Hall–Kier alpha value is -1.75. The van der Waals surface area contributed by atoms with Crippen LogP contribution in [0.5, 0.6) is 5.75 Å². The van der Waals surface area contributed by atoms with Gasteiger partial charge in [0, 0.05) is 18.5 Å². The van der Waals surface area contributed by atoms with Gasteiger partial charge in [0.05, 0.1) is 0 Å². The van der Waals surface area contributed by atoms with E-state index in [1.807, 2.05) is 30.3 Å². The van der Waals surface area contributed by atoms with E-state index < -0.39 is 12.6 Å². The largest absolute Gasteiger partial charge is 0.508 e. The Kier molecular flexibility index (Phi) is 4.49. The quantitative estimate of drug-likeness (QED) is 0.814. The molecule has 0 atom stereocenters. The van der Waals surface area contributed by atoms with Crippen LogP contribution in [0.2, 0.25) is 0 Å². The summed E-state index contributed by atoms with van der Waals surface area (Å²) in [6.45, 7) is 0.618. The number of halogens is 3. The molecule has 0 amide bonds. The SMILES string of the molecule is Oc1ccc2ccccc2c1CNCCCC(F)(F)F. The molecule has 0 bridgehead atoms. The summed E-state index contributed by atoms with van der Waals surface area (Å²) >= 11 is 0. The van der Waals surface area contributed by atoms with Crippen LogP contribution in [0.25, 0.3) is 10.8 Å². The summed E-state index contributed by atoms with van der Waals surface area (Å²) < 4.78 is 36.0. The zero-order valence-electron chi connectivity index (χ0n) is 10.9. The van der Waals surface area contributed by atoms with Crippen LogP contribution >= 0.6 is 0 Å². The molecule has 0 heterocycles. The standard InChI is InChI=1S/C15H16F3NO/c16-15(17,18)8-3-9-19-10-13-12-5-2-1-4-11(12)6-7-14(13)20/h1-2,4-7,19-20H,3,8-10H2. The van der Waals surface area contributed by atoms with E-state index in [4.69, 9.17) is 0 Å². The third kappa shape index (κ3) is 3.87. The van der Waals surface area contributed by atoms with Crippen LogP contribution in [0, 0.1) is 0 Å². The van der Waals surface area contributed by atoms with Crippen molar-refractivity contribution in [2.24, 2.45) is 0 Å². The summed E-state index contributed by atoms with van der Waals surface area (Å²) in [4.78, 5) is 0. The van der Waals surface area contributed by atoms with E-state index in [0.29, 0.717) is 6.54 Å². The highest BCUT2D eigenvalue weighted by Gasteiger charge is 2.25. The van der Waals surface area contributed by atoms with Crippen molar-refractivity contribution >= 4 is 10.8 Å². The van der Waals surface area contributed by atoms with Gasteiger partial charge in [0.1, 0.15) is 5.75 Å². The lowest BCUT2D eigenvalue weighted by Crippen LogP contribution is -2.18. The molecule has 2 aromatic carbocycles. The number of phenolic OH excluding ortho intramolecular Hbond substituents is 1. The average Bonchev–Trinajstić information content (AvgIpc) is 2.39. The van der Waals surface area contributed by atoms with Crippen LogP contribution in [-0.2, 0) is 6.54 Å². The first-order valence-corrected chi connectivity index (χ1v) is 6.44. The Labute approximate surface area is 115 Å². The lowest BCUT2D eigenvalue weighted by Gasteiger charge is -2.11. The van der Waals surface area contributed by atoms with E-state index in [-0.39, 0.29) is 18.7 Å². The topological polar surface area (TPSA) is 32.3 Å². The van der Waals surface area contributed by atoms with E-state index in [1.165, 1.54) is 0 Å². The third-order valence-electron chi connectivity index (χ3n) is 3.13. The van der Waals surface area contributed by atoms with E-state index in [9.17, 15) is 18.3 Å². The summed E-state index contributed by atoms with van der Waals surface area (Å²) in [6, 6.07) is 11.0. The fraction of sp³-hybridized carbons (Fsp3) is 0.333. The van der Waals surface area contributed by atoms with Crippen molar-refractivity contribution in [2.75, 3.05) is 6.54 Å². The third-order valence-corrected chi connectivity index (χ3v) is 3.13. The van der Waals surface area contributed by atoms with Gasteiger partial charge in [-0.15, -0.1) is 0 Å². The second kappa shape index (κ2) is 6.13. The van der Waals surface area contributed by atoms with Gasteiger partial charge in [-0.25, -0.2) is 0 Å². The van der Waals surface area contributed by atoms with Crippen LogP contribution in [0.4, 0.5) is 13.2 Å². The summed E-state index contributed by atoms with van der Waals surface area (Å²) in [6.07, 6.45) is -4.86. The fourth-order valence-electron chi connectivity index (χ4n) is 2.14. The number of hydrogen-bond acceptors (Lipinski definition) is 2. The normalized spacial score (nSPS) is 11.9. The van der Waals surface area contributed by atoms with Crippen molar-refractivity contribution in [1.29, 1.82) is 0 Å². The molecule has 0 aliphatic rings. The molecule has 0 aromatic heterocycles. The van der Waals surface area contributed by atoms with Crippen LogP contribution in [0.1, 0.15) is 18.4 Å². The molecule has 0 radical (unpaired) electrons. The van der Waals surface area contributed by atoms with Crippen LogP contribution in [0.3, 0.4) is 0 Å². The molecule has 0 saturated heterocycles. The maximum atomic E-state index is 12.0. The smallest absolute Gasteiger partial charge is 0.389 e. The van der Waals surface area contributed by atoms with E-state index >= 15 is 0 Å². The highest BCUT2D eigenvalue weighted by Crippen LogP contribution is 2.27. The van der Waals surface area contributed by atoms with Crippen LogP contribution in [-0.4, -0.2) is 17.8 Å². The van der Waals surface area contributed by atoms with Gasteiger partial charge in [0.15, 0.2) is 0 Å². The van der Waals surface area contributed by atoms with E-state index in [2.05, 4.69) is 5.32 Å². The van der Waals surface area contributed by atoms with Crippen molar-refractivity contribution < 1.29 is 18.3 Å². The molecule has 0 fully saturated rings. The number of rotatable bonds is 5. The Balaban J connectivity index is 1.98. The van der Waals surface area contributed by atoms with Gasteiger partial charge in [-0.3, -0.25) is 0 Å². The van der Waals surface area contributed by atoms with Gasteiger partial charge >= 0.3 is 6.18 Å². The molecule has 0 saturated carbocycles. The number of phenols is 1. The van der Waals surface area contributed by atoms with Gasteiger partial charge in [0.2, 0.25) is 0 Å². The van der Waals surface area contributed by atoms with Gasteiger partial charge < -0.3 is 10.4 Å². The van der Waals surface area contributed by atoms with Crippen molar-refractivity contribution in [3.8, 4) is 5.75 Å². The van der Waals surface area contributed by atoms with E-state index in [1.54, 1.807) is 6.07 Å². The molecular formula is C15H16F3NO. The molecule has 20 heavy (non-hydrogen) atoms. The van der Waals surface area contributed by atoms with Crippen molar-refractivity contribution in [2.45, 2.75) is 25.6 Å². The predicted octanol–water partition coefficient (Wildman–Crippen LogP) is 3.98. The molecule has 0 unspecified atom stereocenters. The van der Waals surface area contributed by atoms with Crippen LogP contribution in [0.15, 0.2) is 36.4 Å². The molecule has 2 rings (SSSR count). The minimum atomic E-state index is -4.11. The molecule has 2 nitrogen and oxygen atoms in total. The molecule has 108 valence electrons. The van der Waals surface area contributed by atoms with Gasteiger partial charge in [-0.05, 0) is 29.8 Å². The Morgan fingerprint density at radius 1 is 1.05 bits per heavy atom. The second-order valence-electron chi connectivity index (χ2n) is 4.68. The average molecular weight is 283 g/mol. The molecule has 0 spiro atoms. The Bertz CT molecular complexity index is 581. The maximum absolute atomic E-state index is 12.0. The number of fused-ring (bicyclic) bond motifs is 1. The summed E-state index contributed by atoms with van der Waals surface area (Å²) in [5.41, 5.74) is 0.718. The Morgan fingerprint density at radius 3 is 2.55 bits per heavy atom. The van der Waals surface area contributed by atoms with Crippen molar-refractivity contribution in [3.63, 3.8) is 0 Å². The van der Waals surface area contributed by atoms with E-state index in [0.717, 1.165) is 16.3 Å². The minimum Gasteiger partial charge on any atom is -0.508 e. The van der Waals surface area contributed by atoms with Crippen molar-refractivity contribution in [3.05, 3.63) is 42.0 Å². The summed E-state index contributed by atoms with van der Waals surface area (Å²) in [5.74, 6) is 0.159. The molecule has 2 N–H and O–H groups in total. The van der Waals surface area contributed by atoms with Gasteiger partial charge in [-0.1, -0.05) is 30.3 Å². The monoisotopic (exact) mass is 283 g/mol. The lowest BCUT2D eigenvalue weighted by atomic mass is 10.0. The molecular weight excluding hydrogens is 267 g/mol. The van der Waals surface area contributed by atoms with Gasteiger partial charge in [0.25, 0.3) is 0 Å². The number of benzene rings is 2. The zero-order chi connectivity index (χ0) is 14.6. The first-order chi connectivity index (χ1) is 9.47. The summed E-state index contributed by atoms with van der Waals surface area (Å²) in [7, 11) is 0. The number of hydrogen-bond donors (Lipinski definition) is 2. The number of alkyl halides is 3. The van der Waals surface area contributed by atoms with Gasteiger partial charge in [-0.2, -0.15) is 13.2 Å². The molecule has 0 aliphatic heterocycles. The molecule has 5 heteroatoms. The highest BCUT2D eigenvalue weighted by molar-refractivity contribution is 5.87. The maximum Gasteiger partial charge on any atom is 0.389 e. The molecule has 2 aromatic rings. The first-order valence-electron chi connectivity index (χ1n) is 6.44. The van der Waals surface area contributed by atoms with Crippen molar-refractivity contribution in [1.82, 2.24) is 5.32 Å². The number of nitrogens with one attached hydrogen (secondary N) is 1. The molecule has 0 aliphatic carbocycles. The summed E-state index contributed by atoms with van der Waals surface area (Å²) in [5, 5.41) is 14.7. The minimum absolute atomic E-state index is 0.0367. The zero-order valence-corrected chi connectivity index (χ0v) is 10.9. The Morgan fingerprint density at radius 2 is 1.80 bits per heavy atom. The predicted molar refractivity (Wildman–Crippen MR) is 72.6 cm³/mol. The van der Waals surface area contributed by atoms with Crippen LogP contribution < -0.4 is 5.32 Å². The second-order valence-corrected chi connectivity index (χ2v) is 4.68. The highest BCUT2D eigenvalue weighted by atomic mass is 19.4. The number of aromatic hydroxyl groups is 1. The fourth-order valence-corrected chi connectivity index (χ4v) is 2.14.